The number of benzene rings is 1. The van der Waals surface area contributed by atoms with Crippen LogP contribution in [0.1, 0.15) is 23.2 Å². The van der Waals surface area contributed by atoms with Gasteiger partial charge in [-0.3, -0.25) is 0 Å². The maximum atomic E-state index is 11.9. The SMILES string of the molecule is COC(=O)c1cc(Br)cc(Br)c1NCC1CCCNC1. The Kier molecular flexibility index (Phi) is 5.86. The predicted molar refractivity (Wildman–Crippen MR) is 87.3 cm³/mol. The second-order valence-electron chi connectivity index (χ2n) is 4.90. The highest BCUT2D eigenvalue weighted by atomic mass is 79.9. The molecule has 1 aromatic carbocycles. The van der Waals surface area contributed by atoms with Gasteiger partial charge < -0.3 is 15.4 Å². The predicted octanol–water partition coefficient (Wildman–Crippen LogP) is 3.41. The van der Waals surface area contributed by atoms with Crippen molar-refractivity contribution < 1.29 is 9.53 Å². The number of carbonyl (C=O) groups is 1. The van der Waals surface area contributed by atoms with Gasteiger partial charge in [-0.15, -0.1) is 0 Å². The topological polar surface area (TPSA) is 50.4 Å². The fraction of sp³-hybridized carbons (Fsp3) is 0.500. The summed E-state index contributed by atoms with van der Waals surface area (Å²) in [6.07, 6.45) is 2.42. The standard InChI is InChI=1S/C14H18Br2N2O2/c1-20-14(19)11-5-10(15)6-12(16)13(11)18-8-9-3-2-4-17-7-9/h5-6,9,17-18H,2-4,7-8H2,1H3. The number of piperidine rings is 1. The number of ether oxygens (including phenoxy) is 1. The van der Waals surface area contributed by atoms with Crippen molar-refractivity contribution in [1.82, 2.24) is 5.32 Å². The minimum atomic E-state index is -0.337. The normalized spacial score (nSPS) is 18.6. The zero-order valence-corrected chi connectivity index (χ0v) is 14.5. The summed E-state index contributed by atoms with van der Waals surface area (Å²) >= 11 is 6.90. The Balaban J connectivity index is 2.14. The first-order chi connectivity index (χ1) is 9.61. The van der Waals surface area contributed by atoms with Crippen molar-refractivity contribution >= 4 is 43.5 Å². The molecule has 2 N–H and O–H groups in total. The summed E-state index contributed by atoms with van der Waals surface area (Å²) in [5.41, 5.74) is 1.34. The summed E-state index contributed by atoms with van der Waals surface area (Å²) in [4.78, 5) is 11.9. The summed E-state index contributed by atoms with van der Waals surface area (Å²) in [6.45, 7) is 2.97. The summed E-state index contributed by atoms with van der Waals surface area (Å²) in [7, 11) is 1.39. The van der Waals surface area contributed by atoms with Crippen LogP contribution in [0.3, 0.4) is 0 Å². The molecule has 0 bridgehead atoms. The maximum absolute atomic E-state index is 11.9. The van der Waals surface area contributed by atoms with Gasteiger partial charge in [-0.25, -0.2) is 4.79 Å². The average Bonchev–Trinajstić information content (AvgIpc) is 2.46. The van der Waals surface area contributed by atoms with Crippen molar-refractivity contribution in [3.05, 3.63) is 26.6 Å². The van der Waals surface area contributed by atoms with Crippen molar-refractivity contribution in [1.29, 1.82) is 0 Å². The minimum absolute atomic E-state index is 0.337. The molecule has 0 spiro atoms. The molecule has 1 atom stereocenters. The summed E-state index contributed by atoms with van der Waals surface area (Å²) in [5, 5.41) is 6.78. The number of halogens is 2. The highest BCUT2D eigenvalue weighted by molar-refractivity contribution is 9.11. The molecule has 0 aliphatic carbocycles. The Labute approximate surface area is 135 Å². The largest absolute Gasteiger partial charge is 0.465 e. The van der Waals surface area contributed by atoms with E-state index in [1.807, 2.05) is 6.07 Å². The third-order valence-electron chi connectivity index (χ3n) is 3.43. The molecule has 1 aliphatic rings. The fourth-order valence-electron chi connectivity index (χ4n) is 2.37. The van der Waals surface area contributed by atoms with Crippen LogP contribution in [-0.2, 0) is 4.74 Å². The van der Waals surface area contributed by atoms with E-state index in [9.17, 15) is 4.79 Å². The third-order valence-corrected chi connectivity index (χ3v) is 4.51. The zero-order chi connectivity index (χ0) is 14.5. The van der Waals surface area contributed by atoms with Gasteiger partial charge in [0.15, 0.2) is 0 Å². The van der Waals surface area contributed by atoms with E-state index in [0.29, 0.717) is 11.5 Å². The van der Waals surface area contributed by atoms with Gasteiger partial charge in [0.05, 0.1) is 18.4 Å². The highest BCUT2D eigenvalue weighted by Crippen LogP contribution is 2.31. The third kappa shape index (κ3) is 3.96. The first-order valence-corrected chi connectivity index (χ1v) is 8.22. The molecule has 0 aromatic heterocycles. The van der Waals surface area contributed by atoms with Crippen molar-refractivity contribution in [3.63, 3.8) is 0 Å². The van der Waals surface area contributed by atoms with Crippen LogP contribution in [0.15, 0.2) is 21.1 Å². The first-order valence-electron chi connectivity index (χ1n) is 6.63. The van der Waals surface area contributed by atoms with E-state index in [2.05, 4.69) is 42.5 Å². The number of nitrogens with one attached hydrogen (secondary N) is 2. The van der Waals surface area contributed by atoms with E-state index in [-0.39, 0.29) is 5.97 Å². The summed E-state index contributed by atoms with van der Waals surface area (Å²) < 4.78 is 6.55. The van der Waals surface area contributed by atoms with E-state index in [0.717, 1.165) is 34.3 Å². The molecule has 0 amide bonds. The van der Waals surface area contributed by atoms with Gasteiger partial charge in [0, 0.05) is 15.5 Å². The van der Waals surface area contributed by atoms with Crippen LogP contribution in [0.4, 0.5) is 5.69 Å². The number of hydrogen-bond acceptors (Lipinski definition) is 4. The molecule has 1 saturated heterocycles. The van der Waals surface area contributed by atoms with Crippen molar-refractivity contribution in [3.8, 4) is 0 Å². The lowest BCUT2D eigenvalue weighted by atomic mass is 9.99. The molecule has 110 valence electrons. The van der Waals surface area contributed by atoms with Gasteiger partial charge in [-0.05, 0) is 59.9 Å². The molecule has 0 saturated carbocycles. The number of hydrogen-bond donors (Lipinski definition) is 2. The lowest BCUT2D eigenvalue weighted by Crippen LogP contribution is -2.33. The number of carbonyl (C=O) groups excluding carboxylic acids is 1. The van der Waals surface area contributed by atoms with Crippen LogP contribution in [0.5, 0.6) is 0 Å². The minimum Gasteiger partial charge on any atom is -0.465 e. The highest BCUT2D eigenvalue weighted by Gasteiger charge is 2.18. The molecule has 1 unspecified atom stereocenters. The molecule has 1 aromatic rings. The van der Waals surface area contributed by atoms with Gasteiger partial charge in [0.2, 0.25) is 0 Å². The Bertz CT molecular complexity index is 488. The van der Waals surface area contributed by atoms with E-state index in [4.69, 9.17) is 4.74 Å². The molecular weight excluding hydrogens is 388 g/mol. The number of rotatable bonds is 4. The quantitative estimate of drug-likeness (QED) is 0.753. The van der Waals surface area contributed by atoms with Crippen molar-refractivity contribution in [2.45, 2.75) is 12.8 Å². The van der Waals surface area contributed by atoms with Gasteiger partial charge in [0.1, 0.15) is 0 Å². The molecule has 6 heteroatoms. The molecule has 2 rings (SSSR count). The van der Waals surface area contributed by atoms with Crippen molar-refractivity contribution in [2.75, 3.05) is 32.1 Å². The van der Waals surface area contributed by atoms with Crippen LogP contribution in [0.25, 0.3) is 0 Å². The van der Waals surface area contributed by atoms with Gasteiger partial charge in [-0.2, -0.15) is 0 Å². The second kappa shape index (κ2) is 7.43. The Morgan fingerprint density at radius 1 is 1.50 bits per heavy atom. The summed E-state index contributed by atoms with van der Waals surface area (Å²) in [5.74, 6) is 0.251. The molecule has 0 radical (unpaired) electrons. The van der Waals surface area contributed by atoms with Crippen LogP contribution >= 0.6 is 31.9 Å². The van der Waals surface area contributed by atoms with Crippen LogP contribution in [0.2, 0.25) is 0 Å². The van der Waals surface area contributed by atoms with E-state index in [1.165, 1.54) is 20.0 Å². The van der Waals surface area contributed by atoms with E-state index >= 15 is 0 Å². The lowest BCUT2D eigenvalue weighted by molar-refractivity contribution is 0.0601. The molecule has 4 nitrogen and oxygen atoms in total. The Morgan fingerprint density at radius 2 is 2.30 bits per heavy atom. The smallest absolute Gasteiger partial charge is 0.340 e. The number of esters is 1. The maximum Gasteiger partial charge on any atom is 0.340 e. The van der Waals surface area contributed by atoms with Crippen LogP contribution < -0.4 is 10.6 Å². The van der Waals surface area contributed by atoms with E-state index < -0.39 is 0 Å². The number of methoxy groups -OCH3 is 1. The average molecular weight is 406 g/mol. The van der Waals surface area contributed by atoms with E-state index in [1.54, 1.807) is 6.07 Å². The Hall–Kier alpha value is -0.590. The molecule has 1 heterocycles. The zero-order valence-electron chi connectivity index (χ0n) is 11.3. The van der Waals surface area contributed by atoms with Gasteiger partial charge in [-0.1, -0.05) is 15.9 Å². The first kappa shape index (κ1) is 15.8. The molecule has 1 aliphatic heterocycles. The van der Waals surface area contributed by atoms with Crippen LogP contribution in [-0.4, -0.2) is 32.7 Å². The summed E-state index contributed by atoms with van der Waals surface area (Å²) in [6, 6.07) is 3.70. The van der Waals surface area contributed by atoms with Crippen LogP contribution in [0, 0.1) is 5.92 Å². The fourth-order valence-corrected chi connectivity index (χ4v) is 3.73. The van der Waals surface area contributed by atoms with Gasteiger partial charge >= 0.3 is 5.97 Å². The molecule has 20 heavy (non-hydrogen) atoms. The Morgan fingerprint density at radius 3 is 2.95 bits per heavy atom. The van der Waals surface area contributed by atoms with Gasteiger partial charge in [0.25, 0.3) is 0 Å². The second-order valence-corrected chi connectivity index (χ2v) is 6.67. The molecular formula is C14H18Br2N2O2. The molecule has 1 fully saturated rings. The number of anilines is 1. The monoisotopic (exact) mass is 404 g/mol. The lowest BCUT2D eigenvalue weighted by Gasteiger charge is -2.24. The van der Waals surface area contributed by atoms with Crippen molar-refractivity contribution in [2.24, 2.45) is 5.92 Å².